The molecule has 0 spiro atoms. The predicted molar refractivity (Wildman–Crippen MR) is 193 cm³/mol. The van der Waals surface area contributed by atoms with Crippen molar-refractivity contribution >= 4 is 40.4 Å². The molecule has 53 heavy (non-hydrogen) atoms. The summed E-state index contributed by atoms with van der Waals surface area (Å²) in [5.74, 6) is -3.80. The van der Waals surface area contributed by atoms with E-state index in [9.17, 15) is 28.4 Å². The van der Waals surface area contributed by atoms with Gasteiger partial charge in [-0.1, -0.05) is 44.2 Å². The second kappa shape index (κ2) is 18.1. The Balaban J connectivity index is 1.53. The van der Waals surface area contributed by atoms with Gasteiger partial charge in [0, 0.05) is 49.8 Å². The topological polar surface area (TPSA) is 184 Å². The average Bonchev–Trinajstić information content (AvgIpc) is 3.55. The molecular weight excluding hydrogens is 685 g/mol. The Kier molecular flexibility index (Phi) is 13.1. The lowest BCUT2D eigenvalue weighted by atomic mass is 10.0. The quantitative estimate of drug-likeness (QED) is 0.170. The number of amides is 5. The van der Waals surface area contributed by atoms with Gasteiger partial charge in [0.25, 0.3) is 5.91 Å². The van der Waals surface area contributed by atoms with Gasteiger partial charge < -0.3 is 40.6 Å². The summed E-state index contributed by atoms with van der Waals surface area (Å²) in [7, 11) is 1.46. The summed E-state index contributed by atoms with van der Waals surface area (Å²) in [5, 5.41) is 11.8. The fraction of sp³-hybridized carbons (Fsp3) is 0.368. The summed E-state index contributed by atoms with van der Waals surface area (Å²) in [6, 6.07) is 12.1. The number of halogens is 1. The van der Waals surface area contributed by atoms with Gasteiger partial charge in [-0.25, -0.2) is 4.39 Å². The Bertz CT molecular complexity index is 1920. The van der Waals surface area contributed by atoms with Crippen LogP contribution in [0.1, 0.15) is 35.3 Å². The fourth-order valence-corrected chi connectivity index (χ4v) is 6.02. The number of methoxy groups -OCH3 is 1. The van der Waals surface area contributed by atoms with E-state index in [1.54, 1.807) is 44.3 Å². The van der Waals surface area contributed by atoms with Gasteiger partial charge in [0.1, 0.15) is 30.5 Å². The van der Waals surface area contributed by atoms with E-state index >= 15 is 0 Å². The molecular formula is C38H44FN7O7. The third kappa shape index (κ3) is 10.2. The van der Waals surface area contributed by atoms with Crippen molar-refractivity contribution in [2.75, 3.05) is 40.0 Å². The van der Waals surface area contributed by atoms with Crippen LogP contribution in [0.25, 0.3) is 10.9 Å². The Labute approximate surface area is 306 Å². The van der Waals surface area contributed by atoms with Gasteiger partial charge in [0.15, 0.2) is 5.82 Å². The highest BCUT2D eigenvalue weighted by atomic mass is 19.1. The first-order valence-corrected chi connectivity index (χ1v) is 17.4. The molecule has 15 heteroatoms. The van der Waals surface area contributed by atoms with Gasteiger partial charge in [-0.3, -0.25) is 29.0 Å². The number of pyridine rings is 1. The van der Waals surface area contributed by atoms with Crippen LogP contribution in [0.3, 0.4) is 0 Å². The van der Waals surface area contributed by atoms with E-state index in [-0.39, 0.29) is 50.6 Å². The molecule has 3 atom stereocenters. The van der Waals surface area contributed by atoms with Crippen LogP contribution in [-0.2, 0) is 36.8 Å². The molecule has 0 aliphatic carbocycles. The van der Waals surface area contributed by atoms with Crippen LogP contribution in [0, 0.1) is 11.7 Å². The van der Waals surface area contributed by atoms with E-state index in [1.807, 2.05) is 24.3 Å². The Morgan fingerprint density at radius 2 is 1.83 bits per heavy atom. The number of ether oxygens (including phenoxy) is 2. The Hall–Kier alpha value is -5.83. The van der Waals surface area contributed by atoms with Crippen LogP contribution in [0.5, 0.6) is 5.75 Å². The number of H-pyrrole nitrogens is 1. The first kappa shape index (κ1) is 38.4. The summed E-state index contributed by atoms with van der Waals surface area (Å²) in [6.07, 6.45) is 3.90. The van der Waals surface area contributed by atoms with Crippen molar-refractivity contribution in [2.45, 2.75) is 44.8 Å². The standard InChI is InChI=1S/C38H44FN7O7/c1-23(2)34-37(50)41-14-16-53-26-10-8-24(9-11-26)18-31(43-35(48)28-12-13-40-21-29(28)39)36(49)44-32(19-25-20-42-30-7-5-4-6-27(25)30)38(51)46(15-17-52-3)22-33(47)45-34/h4-13,20-21,23,31-32,34,42H,14-19,22H2,1-3H3,(H,41,50)(H,43,48)(H,44,49)(H,45,47)/t31-,32-,34-/m0/s1. The van der Waals surface area contributed by atoms with E-state index in [0.29, 0.717) is 11.3 Å². The van der Waals surface area contributed by atoms with Crippen LogP contribution in [0.15, 0.2) is 73.2 Å². The summed E-state index contributed by atoms with van der Waals surface area (Å²) >= 11 is 0. The number of benzene rings is 2. The van der Waals surface area contributed by atoms with Gasteiger partial charge in [0.2, 0.25) is 23.6 Å². The zero-order chi connectivity index (χ0) is 37.9. The van der Waals surface area contributed by atoms with E-state index in [4.69, 9.17) is 9.47 Å². The molecule has 0 unspecified atom stereocenters. The van der Waals surface area contributed by atoms with Gasteiger partial charge in [-0.15, -0.1) is 0 Å². The second-order valence-electron chi connectivity index (χ2n) is 13.0. The minimum absolute atomic E-state index is 0.00722. The monoisotopic (exact) mass is 729 g/mol. The lowest BCUT2D eigenvalue weighted by molar-refractivity contribution is -0.141. The highest BCUT2D eigenvalue weighted by molar-refractivity contribution is 5.99. The molecule has 0 fully saturated rings. The third-order valence-corrected chi connectivity index (χ3v) is 8.86. The first-order valence-electron chi connectivity index (χ1n) is 17.4. The molecule has 280 valence electrons. The number of carbonyl (C=O) groups excluding carboxylic acids is 5. The number of fused-ring (bicyclic) bond motifs is 18. The Morgan fingerprint density at radius 1 is 1.06 bits per heavy atom. The fourth-order valence-electron chi connectivity index (χ4n) is 6.02. The van der Waals surface area contributed by atoms with Crippen LogP contribution < -0.4 is 26.0 Å². The number of nitrogens with zero attached hydrogens (tertiary/aromatic N) is 2. The maximum atomic E-state index is 14.6. The van der Waals surface area contributed by atoms with Crippen LogP contribution in [0.4, 0.5) is 4.39 Å². The molecule has 4 heterocycles. The van der Waals surface area contributed by atoms with Gasteiger partial charge in [-0.05, 0) is 41.3 Å². The predicted octanol–water partition coefficient (Wildman–Crippen LogP) is 1.90. The molecule has 2 aromatic heterocycles. The summed E-state index contributed by atoms with van der Waals surface area (Å²) < 4.78 is 25.7. The molecule has 5 N–H and O–H groups in total. The minimum Gasteiger partial charge on any atom is -0.492 e. The normalized spacial score (nSPS) is 19.3. The molecule has 0 saturated heterocycles. The number of aromatic nitrogens is 2. The third-order valence-electron chi connectivity index (χ3n) is 8.86. The largest absolute Gasteiger partial charge is 0.492 e. The smallest absolute Gasteiger partial charge is 0.255 e. The average molecular weight is 730 g/mol. The number of carbonyl (C=O) groups is 5. The highest BCUT2D eigenvalue weighted by Crippen LogP contribution is 2.21. The van der Waals surface area contributed by atoms with E-state index in [0.717, 1.165) is 22.7 Å². The molecule has 6 rings (SSSR count). The van der Waals surface area contributed by atoms with Crippen molar-refractivity contribution < 1.29 is 37.8 Å². The molecule has 2 aliphatic rings. The number of aromatic amines is 1. The molecule has 4 aromatic rings. The molecule has 0 saturated carbocycles. The molecule has 2 aliphatic heterocycles. The number of nitrogens with one attached hydrogen (secondary N) is 5. The summed E-state index contributed by atoms with van der Waals surface area (Å²) in [4.78, 5) is 76.8. The SMILES string of the molecule is COCCN1CC(=O)N[C@@H](C(C)C)C(=O)NCCOc2ccc(cc2)C[C@H](NC(=O)c2ccncc2F)C(=O)N[C@@H](Cc2c[nH]c3ccccc23)C1=O. The summed E-state index contributed by atoms with van der Waals surface area (Å²) in [6.45, 7) is 3.52. The lowest BCUT2D eigenvalue weighted by Gasteiger charge is -2.30. The second-order valence-corrected chi connectivity index (χ2v) is 13.0. The van der Waals surface area contributed by atoms with Crippen molar-refractivity contribution in [3.8, 4) is 5.75 Å². The van der Waals surface area contributed by atoms with Crippen molar-refractivity contribution in [2.24, 2.45) is 5.92 Å². The molecule has 2 aromatic carbocycles. The van der Waals surface area contributed by atoms with Gasteiger partial charge >= 0.3 is 0 Å². The Morgan fingerprint density at radius 3 is 2.57 bits per heavy atom. The van der Waals surface area contributed by atoms with Gasteiger partial charge in [-0.2, -0.15) is 0 Å². The number of hydrogen-bond donors (Lipinski definition) is 5. The van der Waals surface area contributed by atoms with Crippen molar-refractivity contribution in [1.82, 2.24) is 36.1 Å². The number of hydrogen-bond acceptors (Lipinski definition) is 8. The summed E-state index contributed by atoms with van der Waals surface area (Å²) in [5.41, 5.74) is 1.86. The van der Waals surface area contributed by atoms with Gasteiger partial charge in [0.05, 0.1) is 31.5 Å². The number of rotatable bonds is 8. The molecule has 5 amide bonds. The van der Waals surface area contributed by atoms with E-state index in [2.05, 4.69) is 31.2 Å². The zero-order valence-corrected chi connectivity index (χ0v) is 29.8. The molecule has 14 nitrogen and oxygen atoms in total. The first-order chi connectivity index (χ1) is 25.5. The van der Waals surface area contributed by atoms with Crippen molar-refractivity contribution in [3.63, 3.8) is 0 Å². The lowest BCUT2D eigenvalue weighted by Crippen LogP contribution is -2.58. The van der Waals surface area contributed by atoms with E-state index < -0.39 is 60.0 Å². The molecule has 2 bridgehead atoms. The molecule has 0 radical (unpaired) electrons. The maximum absolute atomic E-state index is 14.6. The number of para-hydroxylation sites is 1. The van der Waals surface area contributed by atoms with Crippen LogP contribution >= 0.6 is 0 Å². The van der Waals surface area contributed by atoms with Crippen LogP contribution in [0.2, 0.25) is 0 Å². The van der Waals surface area contributed by atoms with Crippen LogP contribution in [-0.4, -0.2) is 102 Å². The minimum atomic E-state index is -1.26. The maximum Gasteiger partial charge on any atom is 0.255 e. The van der Waals surface area contributed by atoms with E-state index in [1.165, 1.54) is 24.3 Å². The van der Waals surface area contributed by atoms with Crippen molar-refractivity contribution in [1.29, 1.82) is 0 Å². The van der Waals surface area contributed by atoms with Crippen molar-refractivity contribution in [3.05, 3.63) is 95.7 Å². The zero-order valence-electron chi connectivity index (χ0n) is 29.8. The highest BCUT2D eigenvalue weighted by Gasteiger charge is 2.33.